The van der Waals surface area contributed by atoms with Crippen LogP contribution in [0.25, 0.3) is 0 Å². The molecule has 0 unspecified atom stereocenters. The van der Waals surface area contributed by atoms with Gasteiger partial charge in [-0.3, -0.25) is 14.4 Å². The first kappa shape index (κ1) is 32.2. The second-order valence-corrected chi connectivity index (χ2v) is 10.7. The quantitative estimate of drug-likeness (QED) is 0.291. The van der Waals surface area contributed by atoms with Crippen molar-refractivity contribution in [3.8, 4) is 11.5 Å². The van der Waals surface area contributed by atoms with E-state index in [2.05, 4.69) is 4.74 Å². The number of carboxylic acid groups (broad SMARTS) is 1. The first-order valence-corrected chi connectivity index (χ1v) is 13.9. The maximum atomic E-state index is 13.6. The largest absolute Gasteiger partial charge is 0.497 e. The van der Waals surface area contributed by atoms with Crippen LogP contribution in [0.2, 0.25) is 0 Å². The third-order valence-corrected chi connectivity index (χ3v) is 7.45. The fourth-order valence-corrected chi connectivity index (χ4v) is 5.44. The number of amides is 1. The number of likely N-dealkylation sites (N-methyl/N-ethyl adjacent to an activating group) is 1. The van der Waals surface area contributed by atoms with E-state index in [1.54, 1.807) is 35.9 Å². The molecule has 0 saturated heterocycles. The van der Waals surface area contributed by atoms with E-state index in [-0.39, 0.29) is 22.5 Å². The lowest BCUT2D eigenvalue weighted by atomic mass is 10.1. The summed E-state index contributed by atoms with van der Waals surface area (Å²) in [6, 6.07) is 21.3. The number of hydrogen-bond acceptors (Lipinski definition) is 9. The number of nitrogens with zero attached hydrogens (tertiary/aromatic N) is 2. The number of rotatable bonds is 8. The molecular weight excluding hydrogens is 560 g/mol. The highest BCUT2D eigenvalue weighted by Gasteiger charge is 2.40. The molecule has 2 atom stereocenters. The van der Waals surface area contributed by atoms with E-state index in [0.717, 1.165) is 21.9 Å². The van der Waals surface area contributed by atoms with E-state index in [1.807, 2.05) is 67.5 Å². The zero-order valence-electron chi connectivity index (χ0n) is 24.1. The molecule has 0 aromatic heterocycles. The standard InChI is InChI=1S/C22H26N2O4S.C9H8O4/c1-15(25)28-20-21(16-9-11-17(27-4)12-10-16)29-19-8-6-5-7-18(19)24(22(20)26)14-13-23(2)3;1-6(10)13-8-5-3-2-4-7(8)9(11)12/h5-12,20-21H,13-14H2,1-4H3;2-5H,1H3,(H,11,12)/t20-,21+;/m1./s1. The second kappa shape index (κ2) is 15.0. The Morgan fingerprint density at radius 2 is 1.57 bits per heavy atom. The summed E-state index contributed by atoms with van der Waals surface area (Å²) in [4.78, 5) is 51.3. The molecule has 3 aromatic rings. The third kappa shape index (κ3) is 8.58. The Balaban J connectivity index is 0.000000312. The Kier molecular flexibility index (Phi) is 11.5. The molecule has 1 heterocycles. The van der Waals surface area contributed by atoms with Crippen molar-refractivity contribution in [2.45, 2.75) is 30.1 Å². The van der Waals surface area contributed by atoms with Crippen LogP contribution in [0.15, 0.2) is 77.7 Å². The third-order valence-electron chi connectivity index (χ3n) is 6.07. The molecule has 0 fully saturated rings. The maximum Gasteiger partial charge on any atom is 0.339 e. The average molecular weight is 595 g/mol. The van der Waals surface area contributed by atoms with Crippen molar-refractivity contribution in [1.82, 2.24) is 4.90 Å². The van der Waals surface area contributed by atoms with Crippen LogP contribution < -0.4 is 14.4 Å². The van der Waals surface area contributed by atoms with Crippen molar-refractivity contribution in [3.05, 3.63) is 83.9 Å². The zero-order valence-corrected chi connectivity index (χ0v) is 24.9. The Labute approximate surface area is 249 Å². The van der Waals surface area contributed by atoms with Gasteiger partial charge in [0.25, 0.3) is 5.91 Å². The second-order valence-electron chi connectivity index (χ2n) is 9.50. The summed E-state index contributed by atoms with van der Waals surface area (Å²) in [7, 11) is 5.54. The smallest absolute Gasteiger partial charge is 0.339 e. The average Bonchev–Trinajstić information content (AvgIpc) is 3.06. The van der Waals surface area contributed by atoms with Crippen LogP contribution in [0, 0.1) is 0 Å². The summed E-state index contributed by atoms with van der Waals surface area (Å²) >= 11 is 1.54. The van der Waals surface area contributed by atoms with Crippen LogP contribution >= 0.6 is 11.8 Å². The first-order chi connectivity index (χ1) is 20.0. The monoisotopic (exact) mass is 594 g/mol. The minimum Gasteiger partial charge on any atom is -0.497 e. The highest BCUT2D eigenvalue weighted by molar-refractivity contribution is 7.99. The van der Waals surface area contributed by atoms with Crippen LogP contribution in [0.4, 0.5) is 5.69 Å². The molecule has 11 heteroatoms. The van der Waals surface area contributed by atoms with E-state index in [9.17, 15) is 19.2 Å². The van der Waals surface area contributed by atoms with Crippen molar-refractivity contribution < 1.29 is 38.5 Å². The fourth-order valence-electron chi connectivity index (χ4n) is 4.13. The highest BCUT2D eigenvalue weighted by atomic mass is 32.2. The number of anilines is 1. The van der Waals surface area contributed by atoms with Gasteiger partial charge in [0.1, 0.15) is 17.1 Å². The highest BCUT2D eigenvalue weighted by Crippen LogP contribution is 2.46. The summed E-state index contributed by atoms with van der Waals surface area (Å²) in [6.45, 7) is 3.77. The fraction of sp³-hybridized carbons (Fsp3) is 0.290. The summed E-state index contributed by atoms with van der Waals surface area (Å²) in [5.41, 5.74) is 1.73. The molecule has 42 heavy (non-hydrogen) atoms. The van der Waals surface area contributed by atoms with Crippen LogP contribution in [0.5, 0.6) is 11.5 Å². The van der Waals surface area contributed by atoms with Crippen LogP contribution in [-0.2, 0) is 19.1 Å². The van der Waals surface area contributed by atoms with E-state index in [0.29, 0.717) is 13.1 Å². The Bertz CT molecular complexity index is 1410. The molecule has 0 bridgehead atoms. The van der Waals surface area contributed by atoms with E-state index < -0.39 is 24.0 Å². The van der Waals surface area contributed by atoms with Gasteiger partial charge < -0.3 is 29.1 Å². The number of methoxy groups -OCH3 is 1. The van der Waals surface area contributed by atoms with Gasteiger partial charge in [-0.2, -0.15) is 0 Å². The number of fused-ring (bicyclic) bond motifs is 1. The zero-order chi connectivity index (χ0) is 30.8. The molecule has 1 aliphatic rings. The van der Waals surface area contributed by atoms with Crippen LogP contribution in [0.1, 0.15) is 35.0 Å². The van der Waals surface area contributed by atoms with Crippen LogP contribution in [-0.4, -0.2) is 74.2 Å². The van der Waals surface area contributed by atoms with E-state index in [1.165, 1.54) is 26.0 Å². The summed E-state index contributed by atoms with van der Waals surface area (Å²) in [5.74, 6) is -1.52. The van der Waals surface area contributed by atoms with E-state index in [4.69, 9.17) is 14.6 Å². The van der Waals surface area contributed by atoms with Gasteiger partial charge in [-0.1, -0.05) is 36.4 Å². The van der Waals surface area contributed by atoms with Gasteiger partial charge in [-0.15, -0.1) is 11.8 Å². The summed E-state index contributed by atoms with van der Waals surface area (Å²) in [5, 5.41) is 8.33. The van der Waals surface area contributed by atoms with Crippen molar-refractivity contribution in [2.75, 3.05) is 39.2 Å². The molecule has 0 saturated carbocycles. The molecule has 1 N–H and O–H groups in total. The molecule has 0 radical (unpaired) electrons. The van der Waals surface area contributed by atoms with Gasteiger partial charge >= 0.3 is 17.9 Å². The molecular formula is C31H34N2O8S. The maximum absolute atomic E-state index is 13.6. The lowest BCUT2D eigenvalue weighted by Crippen LogP contribution is -2.45. The van der Waals surface area contributed by atoms with Crippen molar-refractivity contribution in [3.63, 3.8) is 0 Å². The SMILES string of the molecule is CC(=O)Oc1ccccc1C(=O)O.COc1ccc([C@@H]2Sc3ccccc3N(CCN(C)C)C(=O)[C@@H]2OC(C)=O)cc1. The van der Waals surface area contributed by atoms with Gasteiger partial charge in [0.2, 0.25) is 0 Å². The van der Waals surface area contributed by atoms with Crippen molar-refractivity contribution in [1.29, 1.82) is 0 Å². The molecule has 4 rings (SSSR count). The van der Waals surface area contributed by atoms with Crippen LogP contribution in [0.3, 0.4) is 0 Å². The number of hydrogen-bond donors (Lipinski definition) is 1. The number of esters is 2. The normalized spacial score (nSPS) is 16.0. The summed E-state index contributed by atoms with van der Waals surface area (Å²) < 4.78 is 15.5. The minimum absolute atomic E-state index is 0.0160. The Morgan fingerprint density at radius 1 is 0.929 bits per heavy atom. The predicted octanol–water partition coefficient (Wildman–Crippen LogP) is 4.68. The molecule has 0 spiro atoms. The van der Waals surface area contributed by atoms with E-state index >= 15 is 0 Å². The lowest BCUT2D eigenvalue weighted by Gasteiger charge is -2.28. The van der Waals surface area contributed by atoms with Gasteiger partial charge in [-0.05, 0) is 56.1 Å². The number of ether oxygens (including phenoxy) is 3. The van der Waals surface area contributed by atoms with Crippen molar-refractivity contribution >= 4 is 41.3 Å². The number of carbonyl (C=O) groups excluding carboxylic acids is 3. The Hall–Kier alpha value is -4.35. The molecule has 3 aromatic carbocycles. The molecule has 1 amide bonds. The first-order valence-electron chi connectivity index (χ1n) is 13.1. The van der Waals surface area contributed by atoms with Gasteiger partial charge in [0.15, 0.2) is 6.10 Å². The number of para-hydroxylation sites is 2. The molecule has 222 valence electrons. The number of carboxylic acids is 1. The molecule has 1 aliphatic heterocycles. The van der Waals surface area contributed by atoms with Gasteiger partial charge in [0, 0.05) is 31.8 Å². The van der Waals surface area contributed by atoms with Crippen molar-refractivity contribution in [2.24, 2.45) is 0 Å². The summed E-state index contributed by atoms with van der Waals surface area (Å²) in [6.07, 6.45) is -0.916. The predicted molar refractivity (Wildman–Crippen MR) is 159 cm³/mol. The number of thioether (sulfide) groups is 1. The van der Waals surface area contributed by atoms with Gasteiger partial charge in [-0.25, -0.2) is 4.79 Å². The lowest BCUT2D eigenvalue weighted by molar-refractivity contribution is -0.152. The molecule has 0 aliphatic carbocycles. The number of aromatic carboxylic acids is 1. The minimum atomic E-state index is -1.11. The number of carbonyl (C=O) groups is 4. The topological polar surface area (TPSA) is 123 Å². The molecule has 10 nitrogen and oxygen atoms in total. The van der Waals surface area contributed by atoms with Gasteiger partial charge in [0.05, 0.1) is 18.0 Å². The number of benzene rings is 3. The Morgan fingerprint density at radius 3 is 2.17 bits per heavy atom.